The predicted octanol–water partition coefficient (Wildman–Crippen LogP) is 21.9. The smallest absolute Gasteiger partial charge is 0.306 e. The van der Waals surface area contributed by atoms with E-state index in [-0.39, 0.29) is 31.1 Å². The van der Waals surface area contributed by atoms with Gasteiger partial charge in [0.2, 0.25) is 0 Å². The number of unbranched alkanes of at least 4 members (excludes halogenated alkanes) is 50. The summed E-state index contributed by atoms with van der Waals surface area (Å²) >= 11 is 0. The first-order chi connectivity index (χ1) is 35.0. The molecule has 0 rings (SSSR count). The lowest BCUT2D eigenvalue weighted by molar-refractivity contribution is -0.167. The van der Waals surface area contributed by atoms with E-state index in [0.29, 0.717) is 19.3 Å². The molecule has 71 heavy (non-hydrogen) atoms. The lowest BCUT2D eigenvalue weighted by Gasteiger charge is -2.18. The van der Waals surface area contributed by atoms with E-state index in [2.05, 4.69) is 20.8 Å². The van der Waals surface area contributed by atoms with Gasteiger partial charge in [-0.25, -0.2) is 0 Å². The number of hydrogen-bond donors (Lipinski definition) is 0. The van der Waals surface area contributed by atoms with Crippen LogP contribution in [0.3, 0.4) is 0 Å². The molecule has 0 aromatic heterocycles. The Morgan fingerprint density at radius 2 is 0.380 bits per heavy atom. The molecule has 0 aliphatic carbocycles. The van der Waals surface area contributed by atoms with E-state index >= 15 is 0 Å². The fourth-order valence-corrected chi connectivity index (χ4v) is 10.2. The third-order valence-corrected chi connectivity index (χ3v) is 15.1. The number of hydrogen-bond acceptors (Lipinski definition) is 6. The monoisotopic (exact) mass is 1000 g/mol. The molecule has 6 heteroatoms. The van der Waals surface area contributed by atoms with Crippen molar-refractivity contribution in [3.63, 3.8) is 0 Å². The Balaban J connectivity index is 4.16. The quantitative estimate of drug-likeness (QED) is 0.0343. The van der Waals surface area contributed by atoms with Crippen LogP contribution in [0.1, 0.15) is 380 Å². The molecule has 0 bridgehead atoms. The summed E-state index contributed by atoms with van der Waals surface area (Å²) in [5.41, 5.74) is 0. The lowest BCUT2D eigenvalue weighted by Crippen LogP contribution is -2.30. The van der Waals surface area contributed by atoms with Crippen molar-refractivity contribution in [3.05, 3.63) is 0 Å². The molecule has 0 aromatic rings. The minimum atomic E-state index is -0.762. The molecular formula is C65H126O6. The molecule has 0 spiro atoms. The Kier molecular flexibility index (Phi) is 59.6. The Morgan fingerprint density at radius 3 is 0.563 bits per heavy atom. The van der Waals surface area contributed by atoms with Crippen LogP contribution >= 0.6 is 0 Å². The molecule has 0 aliphatic heterocycles. The zero-order valence-electron chi connectivity index (χ0n) is 48.5. The SMILES string of the molecule is CCCCCCCCCCCCCCCCCCCCCCCCC(=O)OCC(COC(=O)CCCCCCCCCCCC)OC(=O)CCCCCCCCCCCCCCCCCCCCCCC. The zero-order chi connectivity index (χ0) is 51.4. The maximum absolute atomic E-state index is 12.9. The van der Waals surface area contributed by atoms with E-state index in [1.165, 1.54) is 283 Å². The Morgan fingerprint density at radius 1 is 0.225 bits per heavy atom. The van der Waals surface area contributed by atoms with Gasteiger partial charge in [0, 0.05) is 19.3 Å². The van der Waals surface area contributed by atoms with Crippen LogP contribution in [-0.2, 0) is 28.6 Å². The lowest BCUT2D eigenvalue weighted by atomic mass is 10.0. The predicted molar refractivity (Wildman–Crippen MR) is 307 cm³/mol. The summed E-state index contributed by atoms with van der Waals surface area (Å²) in [4.78, 5) is 38.2. The maximum Gasteiger partial charge on any atom is 0.306 e. The van der Waals surface area contributed by atoms with Gasteiger partial charge in [0.15, 0.2) is 6.10 Å². The fourth-order valence-electron chi connectivity index (χ4n) is 10.2. The summed E-state index contributed by atoms with van der Waals surface area (Å²) in [5.74, 6) is -0.828. The van der Waals surface area contributed by atoms with Crippen LogP contribution in [0.4, 0.5) is 0 Å². The number of rotatable bonds is 61. The van der Waals surface area contributed by atoms with Crippen LogP contribution in [0.2, 0.25) is 0 Å². The minimum absolute atomic E-state index is 0.0608. The highest BCUT2D eigenvalue weighted by atomic mass is 16.6. The zero-order valence-corrected chi connectivity index (χ0v) is 48.5. The second-order valence-electron chi connectivity index (χ2n) is 22.4. The molecule has 0 N–H and O–H groups in total. The van der Waals surface area contributed by atoms with Crippen molar-refractivity contribution in [1.29, 1.82) is 0 Å². The summed E-state index contributed by atoms with van der Waals surface area (Å²) in [7, 11) is 0. The molecule has 0 aliphatic rings. The second-order valence-corrected chi connectivity index (χ2v) is 22.4. The highest BCUT2D eigenvalue weighted by Gasteiger charge is 2.19. The van der Waals surface area contributed by atoms with Crippen molar-refractivity contribution in [3.8, 4) is 0 Å². The highest BCUT2D eigenvalue weighted by molar-refractivity contribution is 5.71. The molecule has 0 aromatic carbocycles. The fraction of sp³-hybridized carbons (Fsp3) is 0.954. The summed E-state index contributed by atoms with van der Waals surface area (Å²) in [6.07, 6.45) is 69.8. The molecule has 0 amide bonds. The number of ether oxygens (including phenoxy) is 3. The van der Waals surface area contributed by atoms with Crippen molar-refractivity contribution in [2.45, 2.75) is 386 Å². The van der Waals surface area contributed by atoms with Gasteiger partial charge in [0.1, 0.15) is 13.2 Å². The summed E-state index contributed by atoms with van der Waals surface area (Å²) in [6.45, 7) is 6.72. The summed E-state index contributed by atoms with van der Waals surface area (Å²) in [5, 5.41) is 0. The minimum Gasteiger partial charge on any atom is -0.462 e. The van der Waals surface area contributed by atoms with Gasteiger partial charge in [0.25, 0.3) is 0 Å². The third kappa shape index (κ3) is 59.2. The summed E-state index contributed by atoms with van der Waals surface area (Å²) < 4.78 is 16.9. The molecule has 1 atom stereocenters. The van der Waals surface area contributed by atoms with Crippen molar-refractivity contribution in [2.75, 3.05) is 13.2 Å². The highest BCUT2D eigenvalue weighted by Crippen LogP contribution is 2.19. The number of carbonyl (C=O) groups is 3. The summed E-state index contributed by atoms with van der Waals surface area (Å²) in [6, 6.07) is 0. The van der Waals surface area contributed by atoms with E-state index in [9.17, 15) is 14.4 Å². The average Bonchev–Trinajstić information content (AvgIpc) is 3.37. The van der Waals surface area contributed by atoms with Crippen LogP contribution in [0.5, 0.6) is 0 Å². The topological polar surface area (TPSA) is 78.9 Å². The molecule has 0 saturated carbocycles. The average molecular weight is 1000 g/mol. The third-order valence-electron chi connectivity index (χ3n) is 15.1. The first-order valence-corrected chi connectivity index (χ1v) is 32.5. The van der Waals surface area contributed by atoms with E-state index < -0.39 is 6.10 Å². The van der Waals surface area contributed by atoms with Crippen LogP contribution in [0.25, 0.3) is 0 Å². The van der Waals surface area contributed by atoms with Crippen LogP contribution in [-0.4, -0.2) is 37.2 Å². The number of esters is 3. The van der Waals surface area contributed by atoms with Gasteiger partial charge in [0.05, 0.1) is 0 Å². The van der Waals surface area contributed by atoms with Crippen molar-refractivity contribution in [2.24, 2.45) is 0 Å². The van der Waals surface area contributed by atoms with Crippen molar-refractivity contribution < 1.29 is 28.6 Å². The van der Waals surface area contributed by atoms with Gasteiger partial charge in [-0.15, -0.1) is 0 Å². The molecule has 1 unspecified atom stereocenters. The Hall–Kier alpha value is -1.59. The second kappa shape index (κ2) is 61.0. The molecular weight excluding hydrogens is 877 g/mol. The molecule has 0 saturated heterocycles. The Labute approximate surface area is 444 Å². The normalized spacial score (nSPS) is 11.9. The molecule has 0 radical (unpaired) electrons. The number of carbonyl (C=O) groups excluding carboxylic acids is 3. The van der Waals surface area contributed by atoms with Crippen LogP contribution in [0, 0.1) is 0 Å². The molecule has 6 nitrogen and oxygen atoms in total. The van der Waals surface area contributed by atoms with Crippen molar-refractivity contribution >= 4 is 17.9 Å². The first kappa shape index (κ1) is 69.4. The van der Waals surface area contributed by atoms with E-state index in [4.69, 9.17) is 14.2 Å². The van der Waals surface area contributed by atoms with Gasteiger partial charge in [-0.3, -0.25) is 14.4 Å². The van der Waals surface area contributed by atoms with Gasteiger partial charge in [-0.05, 0) is 19.3 Å². The standard InChI is InChI=1S/C65H126O6/c1-4-7-10-13-16-19-22-24-26-28-30-32-34-35-37-39-41-43-46-49-52-55-58-64(67)70-61-62(60-69-63(66)57-54-51-48-45-21-18-15-12-9-6-3)71-65(68)59-56-53-50-47-44-42-40-38-36-33-31-29-27-25-23-20-17-14-11-8-5-2/h62H,4-61H2,1-3H3. The molecule has 422 valence electrons. The van der Waals surface area contributed by atoms with Gasteiger partial charge >= 0.3 is 17.9 Å². The largest absolute Gasteiger partial charge is 0.462 e. The van der Waals surface area contributed by atoms with E-state index in [0.717, 1.165) is 57.8 Å². The van der Waals surface area contributed by atoms with E-state index in [1.807, 2.05) is 0 Å². The maximum atomic E-state index is 12.9. The van der Waals surface area contributed by atoms with Gasteiger partial charge in [-0.1, -0.05) is 342 Å². The van der Waals surface area contributed by atoms with Gasteiger partial charge in [-0.2, -0.15) is 0 Å². The van der Waals surface area contributed by atoms with Crippen molar-refractivity contribution in [1.82, 2.24) is 0 Å². The first-order valence-electron chi connectivity index (χ1n) is 32.5. The molecule has 0 heterocycles. The van der Waals surface area contributed by atoms with Gasteiger partial charge < -0.3 is 14.2 Å². The molecule has 0 fully saturated rings. The Bertz CT molecular complexity index is 1060. The van der Waals surface area contributed by atoms with E-state index in [1.54, 1.807) is 0 Å². The van der Waals surface area contributed by atoms with Crippen LogP contribution < -0.4 is 0 Å². The van der Waals surface area contributed by atoms with Crippen LogP contribution in [0.15, 0.2) is 0 Å².